The van der Waals surface area contributed by atoms with Crippen LogP contribution in [0.2, 0.25) is 0 Å². The Morgan fingerprint density at radius 2 is 1.79 bits per heavy atom. The number of hydrogen-bond acceptors (Lipinski definition) is 6. The number of hydrogen-bond donors (Lipinski definition) is 1. The highest BCUT2D eigenvalue weighted by Crippen LogP contribution is 2.35. The van der Waals surface area contributed by atoms with E-state index in [1.807, 2.05) is 48.1 Å². The van der Waals surface area contributed by atoms with E-state index in [1.165, 1.54) is 0 Å². The number of benzene rings is 2. The van der Waals surface area contributed by atoms with E-state index in [9.17, 15) is 0 Å². The van der Waals surface area contributed by atoms with Gasteiger partial charge in [-0.2, -0.15) is 5.10 Å². The molecule has 0 saturated heterocycles. The zero-order valence-corrected chi connectivity index (χ0v) is 16.9. The second-order valence-corrected chi connectivity index (χ2v) is 6.76. The van der Waals surface area contributed by atoms with Crippen molar-refractivity contribution in [1.29, 1.82) is 0 Å². The number of ether oxygens (including phenoxy) is 2. The Morgan fingerprint density at radius 1 is 1.00 bits per heavy atom. The Labute approximate surface area is 169 Å². The third kappa shape index (κ3) is 3.71. The number of aryl methyl sites for hydroxylation is 1. The van der Waals surface area contributed by atoms with Crippen molar-refractivity contribution in [2.75, 3.05) is 19.5 Å². The third-order valence-corrected chi connectivity index (χ3v) is 4.81. The quantitative estimate of drug-likeness (QED) is 0.530. The van der Waals surface area contributed by atoms with Crippen molar-refractivity contribution in [3.05, 3.63) is 66.2 Å². The Kier molecular flexibility index (Phi) is 5.03. The maximum atomic E-state index is 5.46. The molecule has 2 aromatic carbocycles. The number of fused-ring (bicyclic) bond motifs is 1. The van der Waals surface area contributed by atoms with Crippen molar-refractivity contribution < 1.29 is 9.47 Å². The average molecular weight is 389 g/mol. The number of nitrogens with zero attached hydrogens (tertiary/aromatic N) is 4. The molecule has 4 aromatic rings. The van der Waals surface area contributed by atoms with E-state index in [2.05, 4.69) is 39.4 Å². The minimum absolute atomic E-state index is 0.0242. The van der Waals surface area contributed by atoms with Gasteiger partial charge in [-0.05, 0) is 43.7 Å². The van der Waals surface area contributed by atoms with Crippen LogP contribution >= 0.6 is 0 Å². The molecule has 0 bridgehead atoms. The Balaban J connectivity index is 1.71. The molecular weight excluding hydrogens is 366 g/mol. The lowest BCUT2D eigenvalue weighted by molar-refractivity contribution is 0.356. The molecule has 0 spiro atoms. The summed E-state index contributed by atoms with van der Waals surface area (Å²) in [5.74, 6) is 2.73. The monoisotopic (exact) mass is 389 g/mol. The standard InChI is InChI=1S/C22H23N5O2/c1-14(16-7-5-8-17(11-16)27-10-6-9-23-27)24-22-18-12-20(28-3)21(29-4)13-19(18)25-15(2)26-22/h5-14H,1-4H3,(H,24,25,26)/t14-/m1/s1. The van der Waals surface area contributed by atoms with E-state index >= 15 is 0 Å². The highest BCUT2D eigenvalue weighted by molar-refractivity contribution is 5.92. The molecule has 0 aliphatic heterocycles. The van der Waals surface area contributed by atoms with Gasteiger partial charge in [-0.15, -0.1) is 0 Å². The van der Waals surface area contributed by atoms with Gasteiger partial charge in [-0.1, -0.05) is 12.1 Å². The highest BCUT2D eigenvalue weighted by atomic mass is 16.5. The summed E-state index contributed by atoms with van der Waals surface area (Å²) in [5.41, 5.74) is 2.94. The summed E-state index contributed by atoms with van der Waals surface area (Å²) < 4.78 is 12.7. The smallest absolute Gasteiger partial charge is 0.162 e. The van der Waals surface area contributed by atoms with Gasteiger partial charge in [0.2, 0.25) is 0 Å². The predicted octanol–water partition coefficient (Wildman–Crippen LogP) is 4.31. The molecule has 2 aromatic heterocycles. The van der Waals surface area contributed by atoms with E-state index < -0.39 is 0 Å². The molecule has 1 N–H and O–H groups in total. The number of nitrogens with one attached hydrogen (secondary N) is 1. The second-order valence-electron chi connectivity index (χ2n) is 6.76. The molecule has 148 valence electrons. The zero-order valence-electron chi connectivity index (χ0n) is 16.9. The van der Waals surface area contributed by atoms with Crippen LogP contribution in [0, 0.1) is 6.92 Å². The van der Waals surface area contributed by atoms with Gasteiger partial charge in [-0.3, -0.25) is 0 Å². The molecule has 0 radical (unpaired) electrons. The third-order valence-electron chi connectivity index (χ3n) is 4.81. The Morgan fingerprint density at radius 3 is 2.52 bits per heavy atom. The van der Waals surface area contributed by atoms with Gasteiger partial charge in [0, 0.05) is 23.8 Å². The Hall–Kier alpha value is -3.61. The van der Waals surface area contributed by atoms with Crippen LogP contribution in [-0.4, -0.2) is 34.0 Å². The van der Waals surface area contributed by atoms with E-state index in [1.54, 1.807) is 20.4 Å². The van der Waals surface area contributed by atoms with E-state index in [-0.39, 0.29) is 6.04 Å². The van der Waals surface area contributed by atoms with Gasteiger partial charge < -0.3 is 14.8 Å². The van der Waals surface area contributed by atoms with Gasteiger partial charge in [0.15, 0.2) is 11.5 Å². The average Bonchev–Trinajstić information content (AvgIpc) is 3.27. The largest absolute Gasteiger partial charge is 0.493 e. The molecule has 7 nitrogen and oxygen atoms in total. The van der Waals surface area contributed by atoms with Crippen molar-refractivity contribution >= 4 is 16.7 Å². The van der Waals surface area contributed by atoms with Crippen LogP contribution in [0.15, 0.2) is 54.9 Å². The molecule has 0 saturated carbocycles. The number of aromatic nitrogens is 4. The molecule has 2 heterocycles. The molecule has 0 unspecified atom stereocenters. The molecule has 0 fully saturated rings. The molecule has 29 heavy (non-hydrogen) atoms. The van der Waals surface area contributed by atoms with E-state index in [0.717, 1.165) is 28.0 Å². The van der Waals surface area contributed by atoms with Crippen molar-refractivity contribution in [2.45, 2.75) is 19.9 Å². The number of methoxy groups -OCH3 is 2. The Bertz CT molecular complexity index is 1140. The summed E-state index contributed by atoms with van der Waals surface area (Å²) >= 11 is 0. The van der Waals surface area contributed by atoms with Crippen molar-refractivity contribution in [2.24, 2.45) is 0 Å². The van der Waals surface area contributed by atoms with Gasteiger partial charge in [0.05, 0.1) is 31.5 Å². The maximum absolute atomic E-state index is 5.46. The van der Waals surface area contributed by atoms with Crippen LogP contribution in [0.5, 0.6) is 11.5 Å². The minimum Gasteiger partial charge on any atom is -0.493 e. The lowest BCUT2D eigenvalue weighted by Gasteiger charge is -2.18. The zero-order chi connectivity index (χ0) is 20.4. The summed E-state index contributed by atoms with van der Waals surface area (Å²) in [7, 11) is 3.24. The first kappa shape index (κ1) is 18.7. The normalized spacial score (nSPS) is 12.0. The molecule has 0 aliphatic rings. The van der Waals surface area contributed by atoms with Gasteiger partial charge >= 0.3 is 0 Å². The summed E-state index contributed by atoms with van der Waals surface area (Å²) in [5, 5.41) is 8.71. The lowest BCUT2D eigenvalue weighted by atomic mass is 10.1. The molecule has 1 atom stereocenters. The summed E-state index contributed by atoms with van der Waals surface area (Å²) in [4.78, 5) is 9.18. The van der Waals surface area contributed by atoms with Crippen LogP contribution < -0.4 is 14.8 Å². The minimum atomic E-state index is 0.0242. The van der Waals surface area contributed by atoms with Crippen LogP contribution in [0.4, 0.5) is 5.82 Å². The van der Waals surface area contributed by atoms with Crippen LogP contribution in [-0.2, 0) is 0 Å². The van der Waals surface area contributed by atoms with Crippen LogP contribution in [0.1, 0.15) is 24.4 Å². The van der Waals surface area contributed by atoms with Crippen LogP contribution in [0.25, 0.3) is 16.6 Å². The fourth-order valence-corrected chi connectivity index (χ4v) is 3.33. The fraction of sp³-hybridized carbons (Fsp3) is 0.227. The predicted molar refractivity (Wildman–Crippen MR) is 113 cm³/mol. The molecule has 0 amide bonds. The topological polar surface area (TPSA) is 74.1 Å². The lowest BCUT2D eigenvalue weighted by Crippen LogP contribution is -2.10. The van der Waals surface area contributed by atoms with Crippen molar-refractivity contribution in [3.63, 3.8) is 0 Å². The fourth-order valence-electron chi connectivity index (χ4n) is 3.33. The maximum Gasteiger partial charge on any atom is 0.162 e. The van der Waals surface area contributed by atoms with Gasteiger partial charge in [0.1, 0.15) is 11.6 Å². The van der Waals surface area contributed by atoms with Crippen molar-refractivity contribution in [1.82, 2.24) is 19.7 Å². The number of rotatable bonds is 6. The van der Waals surface area contributed by atoms with Gasteiger partial charge in [0.25, 0.3) is 0 Å². The second kappa shape index (κ2) is 7.79. The number of anilines is 1. The van der Waals surface area contributed by atoms with E-state index in [0.29, 0.717) is 17.3 Å². The summed E-state index contributed by atoms with van der Waals surface area (Å²) in [6.07, 6.45) is 3.70. The first-order valence-electron chi connectivity index (χ1n) is 9.36. The summed E-state index contributed by atoms with van der Waals surface area (Å²) in [6.45, 7) is 3.98. The highest BCUT2D eigenvalue weighted by Gasteiger charge is 2.15. The van der Waals surface area contributed by atoms with E-state index in [4.69, 9.17) is 9.47 Å². The van der Waals surface area contributed by atoms with Crippen molar-refractivity contribution in [3.8, 4) is 17.2 Å². The first-order chi connectivity index (χ1) is 14.1. The summed E-state index contributed by atoms with van der Waals surface area (Å²) in [6, 6.07) is 14.0. The van der Waals surface area contributed by atoms with Crippen LogP contribution in [0.3, 0.4) is 0 Å². The molecule has 0 aliphatic carbocycles. The SMILES string of the molecule is COc1cc2nc(C)nc(N[C@H](C)c3cccc(-n4cccn4)c3)c2cc1OC. The molecule has 7 heteroatoms. The van der Waals surface area contributed by atoms with Gasteiger partial charge in [-0.25, -0.2) is 14.6 Å². The molecular formula is C22H23N5O2. The first-order valence-corrected chi connectivity index (χ1v) is 9.36. The molecule has 4 rings (SSSR count).